The average Bonchev–Trinajstić information content (AvgIpc) is 2.77. The zero-order valence-corrected chi connectivity index (χ0v) is 8.82. The highest BCUT2D eigenvalue weighted by Crippen LogP contribution is 2.22. The molecule has 1 aromatic carbocycles. The predicted molar refractivity (Wildman–Crippen MR) is 60.2 cm³/mol. The van der Waals surface area contributed by atoms with Crippen molar-refractivity contribution in [3.63, 3.8) is 0 Å². The van der Waals surface area contributed by atoms with Crippen molar-refractivity contribution in [1.29, 1.82) is 0 Å². The summed E-state index contributed by atoms with van der Waals surface area (Å²) < 4.78 is 0. The number of nitrogen functional groups attached to an aromatic ring is 1. The summed E-state index contributed by atoms with van der Waals surface area (Å²) in [7, 11) is 0. The summed E-state index contributed by atoms with van der Waals surface area (Å²) in [6.45, 7) is 0. The molecule has 0 atom stereocenters. The van der Waals surface area contributed by atoms with Crippen LogP contribution < -0.4 is 11.1 Å². The highest BCUT2D eigenvalue weighted by Gasteiger charge is 2.09. The Kier molecular flexibility index (Phi) is 2.74. The van der Waals surface area contributed by atoms with Gasteiger partial charge in [-0.25, -0.2) is 0 Å². The molecule has 1 amide bonds. The van der Waals surface area contributed by atoms with Gasteiger partial charge in [-0.15, -0.1) is 0 Å². The minimum atomic E-state index is -0.366. The van der Waals surface area contributed by atoms with Gasteiger partial charge in [0.1, 0.15) is 0 Å². The number of H-pyrrole nitrogens is 1. The lowest BCUT2D eigenvalue weighted by molar-refractivity contribution is 0.102. The van der Waals surface area contributed by atoms with Gasteiger partial charge in [0.15, 0.2) is 5.69 Å². The van der Waals surface area contributed by atoms with E-state index in [9.17, 15) is 4.79 Å². The number of hydrogen-bond donors (Lipinski definition) is 3. The number of aromatic nitrogens is 3. The van der Waals surface area contributed by atoms with Gasteiger partial charge in [-0.3, -0.25) is 4.79 Å². The van der Waals surface area contributed by atoms with Crippen LogP contribution in [0.3, 0.4) is 0 Å². The van der Waals surface area contributed by atoms with E-state index in [1.165, 1.54) is 6.20 Å². The summed E-state index contributed by atoms with van der Waals surface area (Å²) in [5.41, 5.74) is 6.75. The van der Waals surface area contributed by atoms with Gasteiger partial charge in [0, 0.05) is 5.69 Å². The molecular weight excluding hydrogens is 230 g/mol. The molecule has 0 unspecified atom stereocenters. The first kappa shape index (κ1) is 10.4. The molecular formula is C9H8ClN5O. The molecule has 0 radical (unpaired) electrons. The van der Waals surface area contributed by atoms with Gasteiger partial charge in [-0.1, -0.05) is 11.6 Å². The summed E-state index contributed by atoms with van der Waals surface area (Å²) in [6.07, 6.45) is 1.33. The molecule has 0 aliphatic heterocycles. The Morgan fingerprint density at radius 1 is 1.50 bits per heavy atom. The number of amides is 1. The molecule has 6 nitrogen and oxygen atoms in total. The quantitative estimate of drug-likeness (QED) is 0.686. The molecule has 2 rings (SSSR count). The van der Waals surface area contributed by atoms with Crippen molar-refractivity contribution in [3.8, 4) is 0 Å². The topological polar surface area (TPSA) is 96.7 Å². The number of nitrogens with two attached hydrogens (primary N) is 1. The number of carbonyl (C=O) groups excluding carboxylic acids is 1. The van der Waals surface area contributed by atoms with Gasteiger partial charge >= 0.3 is 0 Å². The lowest BCUT2D eigenvalue weighted by Gasteiger charge is -2.04. The summed E-state index contributed by atoms with van der Waals surface area (Å²) in [5.74, 6) is -0.366. The molecule has 82 valence electrons. The van der Waals surface area contributed by atoms with Crippen LogP contribution in [0.1, 0.15) is 10.5 Å². The Balaban J connectivity index is 2.15. The largest absolute Gasteiger partial charge is 0.398 e. The molecule has 7 heteroatoms. The first-order chi connectivity index (χ1) is 7.66. The second-order valence-corrected chi connectivity index (χ2v) is 3.45. The van der Waals surface area contributed by atoms with Gasteiger partial charge in [0.25, 0.3) is 5.91 Å². The standard InChI is InChI=1S/C9H8ClN5O/c10-6-3-5(1-2-7(6)11)13-9(16)8-4-12-15-14-8/h1-4H,11H2,(H,13,16)(H,12,14,15). The summed E-state index contributed by atoms with van der Waals surface area (Å²) in [6, 6.07) is 4.83. The number of aromatic amines is 1. The van der Waals surface area contributed by atoms with Crippen LogP contribution in [0.5, 0.6) is 0 Å². The number of benzene rings is 1. The molecule has 2 aromatic rings. The summed E-state index contributed by atoms with van der Waals surface area (Å²) in [4.78, 5) is 11.6. The number of halogens is 1. The zero-order chi connectivity index (χ0) is 11.5. The molecule has 0 bridgehead atoms. The van der Waals surface area contributed by atoms with Crippen molar-refractivity contribution in [3.05, 3.63) is 35.1 Å². The molecule has 0 fully saturated rings. The average molecular weight is 238 g/mol. The second kappa shape index (κ2) is 4.19. The monoisotopic (exact) mass is 237 g/mol. The normalized spacial score (nSPS) is 10.1. The molecule has 0 spiro atoms. The molecule has 0 aliphatic rings. The third kappa shape index (κ3) is 2.12. The predicted octanol–water partition coefficient (Wildman–Crippen LogP) is 1.29. The van der Waals surface area contributed by atoms with Crippen LogP contribution >= 0.6 is 11.6 Å². The lowest BCUT2D eigenvalue weighted by atomic mass is 10.3. The lowest BCUT2D eigenvalue weighted by Crippen LogP contribution is -2.12. The van der Waals surface area contributed by atoms with Crippen LogP contribution in [0.25, 0.3) is 0 Å². The van der Waals surface area contributed by atoms with Crippen molar-refractivity contribution in [2.45, 2.75) is 0 Å². The van der Waals surface area contributed by atoms with Gasteiger partial charge in [-0.05, 0) is 18.2 Å². The molecule has 0 saturated carbocycles. The van der Waals surface area contributed by atoms with Crippen LogP contribution in [0.4, 0.5) is 11.4 Å². The van der Waals surface area contributed by atoms with Crippen molar-refractivity contribution in [1.82, 2.24) is 15.4 Å². The van der Waals surface area contributed by atoms with E-state index in [0.717, 1.165) is 0 Å². The number of hydrogen-bond acceptors (Lipinski definition) is 4. The summed E-state index contributed by atoms with van der Waals surface area (Å²) in [5, 5.41) is 12.5. The number of nitrogens with zero attached hydrogens (tertiary/aromatic N) is 2. The van der Waals surface area contributed by atoms with Crippen molar-refractivity contribution in [2.24, 2.45) is 0 Å². The molecule has 1 heterocycles. The molecule has 4 N–H and O–H groups in total. The van der Waals surface area contributed by atoms with Crippen molar-refractivity contribution < 1.29 is 4.79 Å². The molecule has 16 heavy (non-hydrogen) atoms. The Bertz CT molecular complexity index is 511. The Morgan fingerprint density at radius 2 is 2.31 bits per heavy atom. The van der Waals surface area contributed by atoms with Crippen molar-refractivity contribution >= 4 is 28.9 Å². The maximum atomic E-state index is 11.6. The minimum absolute atomic E-state index is 0.202. The maximum absolute atomic E-state index is 11.6. The number of carbonyl (C=O) groups is 1. The van der Waals surface area contributed by atoms with E-state index >= 15 is 0 Å². The Labute approximate surface area is 95.8 Å². The fraction of sp³-hybridized carbons (Fsp3) is 0. The van der Waals surface area contributed by atoms with Crippen LogP contribution in [0, 0.1) is 0 Å². The van der Waals surface area contributed by atoms with Crippen molar-refractivity contribution in [2.75, 3.05) is 11.1 Å². The Hall–Kier alpha value is -2.08. The smallest absolute Gasteiger partial charge is 0.277 e. The third-order valence-electron chi connectivity index (χ3n) is 1.91. The van der Waals surface area contributed by atoms with Crippen LogP contribution in [-0.4, -0.2) is 21.3 Å². The van der Waals surface area contributed by atoms with Crippen LogP contribution in [-0.2, 0) is 0 Å². The van der Waals surface area contributed by atoms with Gasteiger partial charge in [0.2, 0.25) is 0 Å². The highest BCUT2D eigenvalue weighted by atomic mass is 35.5. The minimum Gasteiger partial charge on any atom is -0.398 e. The fourth-order valence-electron chi connectivity index (χ4n) is 1.11. The van der Waals surface area contributed by atoms with E-state index in [4.69, 9.17) is 17.3 Å². The van der Waals surface area contributed by atoms with Gasteiger partial charge in [0.05, 0.1) is 16.9 Å². The van der Waals surface area contributed by atoms with E-state index in [1.807, 2.05) is 0 Å². The first-order valence-electron chi connectivity index (χ1n) is 4.39. The van der Waals surface area contributed by atoms with E-state index in [2.05, 4.69) is 20.7 Å². The summed E-state index contributed by atoms with van der Waals surface area (Å²) >= 11 is 5.81. The number of nitrogens with one attached hydrogen (secondary N) is 2. The Morgan fingerprint density at radius 3 is 2.94 bits per heavy atom. The second-order valence-electron chi connectivity index (χ2n) is 3.05. The molecule has 1 aromatic heterocycles. The number of rotatable bonds is 2. The number of anilines is 2. The van der Waals surface area contributed by atoms with E-state index in [0.29, 0.717) is 16.4 Å². The molecule has 0 aliphatic carbocycles. The van der Waals surface area contributed by atoms with Gasteiger partial charge < -0.3 is 11.1 Å². The first-order valence-corrected chi connectivity index (χ1v) is 4.77. The van der Waals surface area contributed by atoms with Crippen LogP contribution in [0.2, 0.25) is 5.02 Å². The van der Waals surface area contributed by atoms with Crippen LogP contribution in [0.15, 0.2) is 24.4 Å². The fourth-order valence-corrected chi connectivity index (χ4v) is 1.29. The zero-order valence-electron chi connectivity index (χ0n) is 8.07. The molecule has 0 saturated heterocycles. The SMILES string of the molecule is Nc1ccc(NC(=O)c2cn[nH]n2)cc1Cl. The van der Waals surface area contributed by atoms with E-state index < -0.39 is 0 Å². The third-order valence-corrected chi connectivity index (χ3v) is 2.23. The van der Waals surface area contributed by atoms with E-state index in [1.54, 1.807) is 18.2 Å². The van der Waals surface area contributed by atoms with E-state index in [-0.39, 0.29) is 11.6 Å². The maximum Gasteiger partial charge on any atom is 0.277 e. The van der Waals surface area contributed by atoms with Gasteiger partial charge in [-0.2, -0.15) is 15.4 Å². The highest BCUT2D eigenvalue weighted by molar-refractivity contribution is 6.33.